The van der Waals surface area contributed by atoms with Gasteiger partial charge in [0, 0.05) is 0 Å². The first-order chi connectivity index (χ1) is 16.4. The minimum absolute atomic E-state index is 0.147. The van der Waals surface area contributed by atoms with Crippen LogP contribution in [0.2, 0.25) is 0 Å². The highest BCUT2D eigenvalue weighted by Crippen LogP contribution is 2.48. The Morgan fingerprint density at radius 1 is 1.11 bits per heavy atom. The number of nitrogens with zero attached hydrogens (tertiary/aromatic N) is 3. The summed E-state index contributed by atoms with van der Waals surface area (Å²) in [6.07, 6.45) is -12.5. The topological polar surface area (TPSA) is 179 Å². The van der Waals surface area contributed by atoms with Crippen LogP contribution in [-0.2, 0) is 17.1 Å². The molecule has 3 aliphatic rings. The van der Waals surface area contributed by atoms with Gasteiger partial charge in [0.25, 0.3) is 0 Å². The zero-order valence-electron chi connectivity index (χ0n) is 18.2. The molecule has 5 atom stereocenters. The molecule has 3 aliphatic heterocycles. The second-order valence-electron chi connectivity index (χ2n) is 8.54. The van der Waals surface area contributed by atoms with Gasteiger partial charge in [-0.05, 0) is 25.1 Å². The number of halogens is 6. The van der Waals surface area contributed by atoms with Gasteiger partial charge in [0.15, 0.2) is 23.7 Å². The molecule has 1 saturated heterocycles. The van der Waals surface area contributed by atoms with Crippen molar-refractivity contribution >= 4 is 17.9 Å². The van der Waals surface area contributed by atoms with E-state index in [4.69, 9.17) is 16.2 Å². The Morgan fingerprint density at radius 3 is 2.17 bits per heavy atom. The number of esters is 1. The fourth-order valence-electron chi connectivity index (χ4n) is 4.88. The number of hydrogen-bond acceptors (Lipinski definition) is 11. The fourth-order valence-corrected chi connectivity index (χ4v) is 4.88. The van der Waals surface area contributed by atoms with Crippen molar-refractivity contribution in [1.29, 1.82) is 0 Å². The van der Waals surface area contributed by atoms with Crippen LogP contribution in [0.5, 0.6) is 0 Å². The standard InChI is InChI=1S/C19H20F6N6O5/c1-6-12(36-13(33)7-2-8(18(20,21)22)4-9(3-7)19(23,24)25)17(34,35)16-11(29-14(26)30-16)10(5-32)28-15(27)31(6)16/h2-4,6,10-12,32,34-35H,5H2,1H3,(H2,27,28)(H3,26,29,30)/t6-,10-,11-,12-,16-/m0/s1. The zero-order valence-corrected chi connectivity index (χ0v) is 18.2. The first kappa shape index (κ1) is 25.8. The Kier molecular flexibility index (Phi) is 5.62. The van der Waals surface area contributed by atoms with E-state index >= 15 is 0 Å². The number of carbonyl (C=O) groups is 1. The van der Waals surface area contributed by atoms with Gasteiger partial charge in [0.05, 0.1) is 29.3 Å². The molecule has 0 saturated carbocycles. The molecule has 198 valence electrons. The summed E-state index contributed by atoms with van der Waals surface area (Å²) in [5.74, 6) is -5.49. The maximum Gasteiger partial charge on any atom is 0.416 e. The van der Waals surface area contributed by atoms with Gasteiger partial charge in [-0.2, -0.15) is 26.3 Å². The molecular formula is C19H20F6N6O5. The van der Waals surface area contributed by atoms with E-state index in [0.717, 1.165) is 4.90 Å². The smallest absolute Gasteiger partial charge is 0.416 e. The number of carbonyl (C=O) groups excluding carboxylic acids is 1. The molecule has 17 heteroatoms. The molecule has 1 spiro atoms. The maximum atomic E-state index is 13.2. The largest absolute Gasteiger partial charge is 0.451 e. The Bertz CT molecular complexity index is 1120. The Labute approximate surface area is 198 Å². The highest BCUT2D eigenvalue weighted by Gasteiger charge is 2.76. The van der Waals surface area contributed by atoms with Crippen LogP contribution < -0.4 is 16.8 Å². The van der Waals surface area contributed by atoms with Crippen LogP contribution in [0, 0.1) is 0 Å². The summed E-state index contributed by atoms with van der Waals surface area (Å²) in [7, 11) is 0. The second-order valence-corrected chi connectivity index (χ2v) is 8.54. The van der Waals surface area contributed by atoms with Crippen molar-refractivity contribution in [3.05, 3.63) is 34.9 Å². The van der Waals surface area contributed by atoms with Gasteiger partial charge in [-0.25, -0.2) is 14.8 Å². The van der Waals surface area contributed by atoms with Crippen LogP contribution in [0.4, 0.5) is 26.3 Å². The van der Waals surface area contributed by atoms with E-state index in [2.05, 4.69) is 15.3 Å². The number of nitrogens with two attached hydrogens (primary N) is 2. The van der Waals surface area contributed by atoms with Crippen molar-refractivity contribution < 1.29 is 51.2 Å². The van der Waals surface area contributed by atoms with Gasteiger partial charge in [-0.1, -0.05) is 0 Å². The third-order valence-corrected chi connectivity index (χ3v) is 6.36. The van der Waals surface area contributed by atoms with Gasteiger partial charge in [0.1, 0.15) is 12.1 Å². The SMILES string of the molecule is C[C@H]1[C@H](OC(=O)c2cc(C(F)(F)F)cc(C(F)(F)F)c2)C(O)(O)[C@]23NC(N)=N[C@H]2[C@H](CO)N=C(N)N13. The number of nitrogens with one attached hydrogen (secondary N) is 1. The molecule has 0 radical (unpaired) electrons. The van der Waals surface area contributed by atoms with E-state index < -0.39 is 77.3 Å². The number of guanidine groups is 2. The number of hydrogen-bond donors (Lipinski definition) is 6. The van der Waals surface area contributed by atoms with E-state index in [1.54, 1.807) is 0 Å². The molecule has 0 unspecified atom stereocenters. The Hall–Kier alpha value is -3.31. The van der Waals surface area contributed by atoms with Crippen molar-refractivity contribution in [2.75, 3.05) is 6.61 Å². The summed E-state index contributed by atoms with van der Waals surface area (Å²) < 4.78 is 84.3. The first-order valence-corrected chi connectivity index (χ1v) is 10.2. The van der Waals surface area contributed by atoms with Gasteiger partial charge in [-0.3, -0.25) is 0 Å². The van der Waals surface area contributed by atoms with Gasteiger partial charge in [-0.15, -0.1) is 0 Å². The second kappa shape index (κ2) is 7.84. The van der Waals surface area contributed by atoms with Gasteiger partial charge >= 0.3 is 18.3 Å². The van der Waals surface area contributed by atoms with Crippen molar-refractivity contribution in [2.45, 2.75) is 55.0 Å². The summed E-state index contributed by atoms with van der Waals surface area (Å²) in [6, 6.07) is -3.52. The molecule has 0 aliphatic carbocycles. The molecule has 0 bridgehead atoms. The Balaban J connectivity index is 1.75. The average molecular weight is 526 g/mol. The molecule has 0 amide bonds. The van der Waals surface area contributed by atoms with Crippen molar-refractivity contribution in [1.82, 2.24) is 10.2 Å². The number of rotatable bonds is 3. The van der Waals surface area contributed by atoms with E-state index in [-0.39, 0.29) is 30.1 Å². The summed E-state index contributed by atoms with van der Waals surface area (Å²) in [6.45, 7) is 0.634. The third kappa shape index (κ3) is 3.60. The quantitative estimate of drug-likeness (QED) is 0.169. The molecule has 1 aromatic rings. The summed E-state index contributed by atoms with van der Waals surface area (Å²) in [5.41, 5.74) is 4.88. The van der Waals surface area contributed by atoms with Crippen LogP contribution in [0.25, 0.3) is 0 Å². The maximum absolute atomic E-state index is 13.2. The first-order valence-electron chi connectivity index (χ1n) is 10.2. The zero-order chi connectivity index (χ0) is 27.0. The minimum atomic E-state index is -5.23. The highest BCUT2D eigenvalue weighted by molar-refractivity contribution is 5.91. The van der Waals surface area contributed by atoms with Crippen LogP contribution >= 0.6 is 0 Å². The van der Waals surface area contributed by atoms with E-state index in [1.807, 2.05) is 0 Å². The van der Waals surface area contributed by atoms with Crippen LogP contribution in [0.1, 0.15) is 28.4 Å². The average Bonchev–Trinajstić information content (AvgIpc) is 3.19. The lowest BCUT2D eigenvalue weighted by atomic mass is 9.86. The predicted molar refractivity (Wildman–Crippen MR) is 108 cm³/mol. The molecule has 8 N–H and O–H groups in total. The lowest BCUT2D eigenvalue weighted by molar-refractivity contribution is -0.257. The molecule has 11 nitrogen and oxygen atoms in total. The molecule has 3 heterocycles. The summed E-state index contributed by atoms with van der Waals surface area (Å²) in [4.78, 5) is 21.9. The molecular weight excluding hydrogens is 506 g/mol. The summed E-state index contributed by atoms with van der Waals surface area (Å²) in [5, 5.41) is 34.6. The number of aliphatic hydroxyl groups excluding tert-OH is 1. The van der Waals surface area contributed by atoms with E-state index in [1.165, 1.54) is 6.92 Å². The number of aliphatic hydroxyl groups is 3. The molecule has 0 aromatic heterocycles. The fraction of sp³-hybridized carbons (Fsp3) is 0.526. The number of aliphatic imine (C=N–C) groups is 2. The molecule has 36 heavy (non-hydrogen) atoms. The highest BCUT2D eigenvalue weighted by atomic mass is 19.4. The van der Waals surface area contributed by atoms with Crippen LogP contribution in [0.3, 0.4) is 0 Å². The van der Waals surface area contributed by atoms with Crippen molar-refractivity contribution in [2.24, 2.45) is 21.5 Å². The van der Waals surface area contributed by atoms with Crippen molar-refractivity contribution in [3.63, 3.8) is 0 Å². The van der Waals surface area contributed by atoms with E-state index in [0.29, 0.717) is 0 Å². The Morgan fingerprint density at radius 2 is 1.67 bits per heavy atom. The van der Waals surface area contributed by atoms with Crippen LogP contribution in [0.15, 0.2) is 28.2 Å². The molecule has 4 rings (SSSR count). The normalized spacial score (nSPS) is 31.2. The minimum Gasteiger partial charge on any atom is -0.451 e. The lowest BCUT2D eigenvalue weighted by Crippen LogP contribution is -2.77. The van der Waals surface area contributed by atoms with Gasteiger partial charge < -0.3 is 41.7 Å². The predicted octanol–water partition coefficient (Wildman–Crippen LogP) is -0.693. The number of benzene rings is 1. The third-order valence-electron chi connectivity index (χ3n) is 6.36. The van der Waals surface area contributed by atoms with Gasteiger partial charge in [0.2, 0.25) is 5.79 Å². The van der Waals surface area contributed by atoms with Crippen LogP contribution in [-0.4, -0.2) is 80.4 Å². The number of alkyl halides is 6. The van der Waals surface area contributed by atoms with E-state index in [9.17, 15) is 46.5 Å². The summed E-state index contributed by atoms with van der Waals surface area (Å²) >= 11 is 0. The monoisotopic (exact) mass is 526 g/mol. The lowest BCUT2D eigenvalue weighted by Gasteiger charge is -2.48. The number of ether oxygens (including phenoxy) is 1. The molecule has 1 fully saturated rings. The molecule has 1 aromatic carbocycles. The van der Waals surface area contributed by atoms with Crippen molar-refractivity contribution in [3.8, 4) is 0 Å².